The van der Waals surface area contributed by atoms with Gasteiger partial charge in [-0.25, -0.2) is 0 Å². The summed E-state index contributed by atoms with van der Waals surface area (Å²) in [4.78, 5) is 38.9. The summed E-state index contributed by atoms with van der Waals surface area (Å²) >= 11 is 1.01. The van der Waals surface area contributed by atoms with E-state index in [2.05, 4.69) is 10.2 Å². The van der Waals surface area contributed by atoms with Crippen molar-refractivity contribution in [3.63, 3.8) is 0 Å². The number of likely N-dealkylation sites (tertiary alicyclic amines) is 1. The Kier molecular flexibility index (Phi) is 4.15. The fourth-order valence-corrected chi connectivity index (χ4v) is 3.87. The molecule has 0 bridgehead atoms. The molecule has 8 nitrogen and oxygen atoms in total. The smallest absolute Gasteiger partial charge is 0.289 e. The van der Waals surface area contributed by atoms with E-state index in [1.165, 1.54) is 4.90 Å². The van der Waals surface area contributed by atoms with Crippen LogP contribution in [0.25, 0.3) is 11.3 Å². The second kappa shape index (κ2) is 6.49. The molecule has 2 saturated heterocycles. The number of hydrogen-bond acceptors (Lipinski definition) is 6. The van der Waals surface area contributed by atoms with E-state index in [0.29, 0.717) is 30.2 Å². The van der Waals surface area contributed by atoms with Crippen LogP contribution >= 0.6 is 11.8 Å². The van der Waals surface area contributed by atoms with E-state index in [1.807, 2.05) is 24.3 Å². The Balaban J connectivity index is 1.45. The molecule has 4 rings (SSSR count). The second-order valence-corrected chi connectivity index (χ2v) is 6.98. The molecule has 0 radical (unpaired) electrons. The number of carbonyl (C=O) groups is 3. The van der Waals surface area contributed by atoms with Gasteiger partial charge in [-0.3, -0.25) is 24.4 Å². The third-order valence-electron chi connectivity index (χ3n) is 4.49. The molecule has 134 valence electrons. The summed E-state index contributed by atoms with van der Waals surface area (Å²) in [5.41, 5.74) is 1.76. The van der Waals surface area contributed by atoms with Crippen molar-refractivity contribution in [3.05, 3.63) is 36.0 Å². The number of thioether (sulfide) groups is 1. The summed E-state index contributed by atoms with van der Waals surface area (Å²) in [5.74, 6) is 0.468. The Hall–Kier alpha value is -2.81. The lowest BCUT2D eigenvalue weighted by Crippen LogP contribution is -2.62. The van der Waals surface area contributed by atoms with Gasteiger partial charge in [0, 0.05) is 18.7 Å². The number of nitrogens with zero attached hydrogens (tertiary/aromatic N) is 3. The first-order valence-electron chi connectivity index (χ1n) is 8.05. The van der Waals surface area contributed by atoms with Crippen molar-refractivity contribution in [2.24, 2.45) is 0 Å². The summed E-state index contributed by atoms with van der Waals surface area (Å²) in [7, 11) is 1.58. The van der Waals surface area contributed by atoms with Crippen molar-refractivity contribution in [2.45, 2.75) is 6.04 Å². The van der Waals surface area contributed by atoms with Crippen LogP contribution in [0.1, 0.15) is 10.5 Å². The van der Waals surface area contributed by atoms with Crippen molar-refractivity contribution < 1.29 is 19.1 Å². The fraction of sp³-hybridized carbons (Fsp3) is 0.294. The zero-order valence-corrected chi connectivity index (χ0v) is 14.8. The highest BCUT2D eigenvalue weighted by molar-refractivity contribution is 8.14. The van der Waals surface area contributed by atoms with Gasteiger partial charge in [0.15, 0.2) is 0 Å². The minimum atomic E-state index is -0.231. The van der Waals surface area contributed by atoms with Gasteiger partial charge in [0.1, 0.15) is 11.4 Å². The summed E-state index contributed by atoms with van der Waals surface area (Å²) in [6.45, 7) is 0.694. The number of carbonyl (C=O) groups excluding carboxylic acids is 3. The van der Waals surface area contributed by atoms with Gasteiger partial charge in [-0.2, -0.15) is 5.10 Å². The van der Waals surface area contributed by atoms with Gasteiger partial charge >= 0.3 is 0 Å². The van der Waals surface area contributed by atoms with Gasteiger partial charge in [-0.05, 0) is 18.2 Å². The molecule has 0 atom stereocenters. The van der Waals surface area contributed by atoms with E-state index in [9.17, 15) is 14.4 Å². The number of ether oxygens (including phenoxy) is 1. The molecule has 1 aromatic carbocycles. The molecular weight excluding hydrogens is 356 g/mol. The Morgan fingerprint density at radius 2 is 2.08 bits per heavy atom. The van der Waals surface area contributed by atoms with Crippen LogP contribution < -0.4 is 4.74 Å². The van der Waals surface area contributed by atoms with Crippen LogP contribution in [0.4, 0.5) is 4.79 Å². The molecule has 26 heavy (non-hydrogen) atoms. The second-order valence-electron chi connectivity index (χ2n) is 6.05. The topological polar surface area (TPSA) is 95.6 Å². The van der Waals surface area contributed by atoms with Crippen molar-refractivity contribution >= 4 is 28.8 Å². The van der Waals surface area contributed by atoms with E-state index in [-0.39, 0.29) is 28.8 Å². The normalized spacial score (nSPS) is 17.6. The molecule has 3 heterocycles. The highest BCUT2D eigenvalue weighted by atomic mass is 32.2. The van der Waals surface area contributed by atoms with Crippen LogP contribution in [0.3, 0.4) is 0 Å². The van der Waals surface area contributed by atoms with E-state index >= 15 is 0 Å². The largest absolute Gasteiger partial charge is 0.496 e. The summed E-state index contributed by atoms with van der Waals surface area (Å²) in [6.07, 6.45) is 0. The lowest BCUT2D eigenvalue weighted by atomic mass is 10.1. The molecule has 2 aromatic rings. The van der Waals surface area contributed by atoms with E-state index in [4.69, 9.17) is 4.74 Å². The highest BCUT2D eigenvalue weighted by Gasteiger charge is 2.43. The maximum atomic E-state index is 12.6. The van der Waals surface area contributed by atoms with Gasteiger partial charge in [0.05, 0.1) is 24.6 Å². The average molecular weight is 372 g/mol. The fourth-order valence-electron chi connectivity index (χ4n) is 3.10. The van der Waals surface area contributed by atoms with Crippen molar-refractivity contribution in [3.8, 4) is 17.0 Å². The maximum Gasteiger partial charge on any atom is 0.289 e. The molecule has 2 aliphatic rings. The third kappa shape index (κ3) is 2.74. The first-order valence-corrected chi connectivity index (χ1v) is 9.04. The molecule has 0 spiro atoms. The minimum absolute atomic E-state index is 0.183. The third-order valence-corrected chi connectivity index (χ3v) is 5.33. The standard InChI is InChI=1S/C17H16N4O4S/c1-25-14-5-3-2-4-11(14)12-6-13(19-18-12)16(23)20-7-10(8-20)21-15(22)9-26-17(21)24/h2-6,10H,7-9H2,1H3,(H,18,19). The number of H-pyrrole nitrogens is 1. The Bertz CT molecular complexity index is 874. The van der Waals surface area contributed by atoms with Gasteiger partial charge in [-0.1, -0.05) is 23.9 Å². The number of imide groups is 1. The minimum Gasteiger partial charge on any atom is -0.496 e. The van der Waals surface area contributed by atoms with Gasteiger partial charge < -0.3 is 9.64 Å². The molecular formula is C17H16N4O4S. The molecule has 2 aliphatic heterocycles. The summed E-state index contributed by atoms with van der Waals surface area (Å²) in [6, 6.07) is 8.87. The predicted molar refractivity (Wildman–Crippen MR) is 95.0 cm³/mol. The maximum absolute atomic E-state index is 12.6. The average Bonchev–Trinajstić information content (AvgIpc) is 3.22. The van der Waals surface area contributed by atoms with Crippen molar-refractivity contribution in [1.29, 1.82) is 0 Å². The number of benzene rings is 1. The first kappa shape index (κ1) is 16.6. The van der Waals surface area contributed by atoms with Crippen LogP contribution in [0.15, 0.2) is 30.3 Å². The zero-order valence-electron chi connectivity index (χ0n) is 14.0. The monoisotopic (exact) mass is 372 g/mol. The van der Waals surface area contributed by atoms with Crippen molar-refractivity contribution in [2.75, 3.05) is 26.0 Å². The van der Waals surface area contributed by atoms with Crippen molar-refractivity contribution in [1.82, 2.24) is 20.0 Å². The van der Waals surface area contributed by atoms with Gasteiger partial charge in [0.2, 0.25) is 5.91 Å². The number of amides is 3. The first-order chi connectivity index (χ1) is 12.6. The summed E-state index contributed by atoms with van der Waals surface area (Å²) in [5, 5.41) is 6.73. The molecule has 0 unspecified atom stereocenters. The van der Waals surface area contributed by atoms with Crippen LogP contribution in [-0.2, 0) is 4.79 Å². The summed E-state index contributed by atoms with van der Waals surface area (Å²) < 4.78 is 5.32. The SMILES string of the molecule is COc1ccccc1-c1cc(C(=O)N2CC(N3C(=O)CSC3=O)C2)[nH]n1. The molecule has 3 amide bonds. The Morgan fingerprint density at radius 1 is 1.31 bits per heavy atom. The lowest BCUT2D eigenvalue weighted by Gasteiger charge is -2.42. The Labute approximate surface area is 153 Å². The lowest BCUT2D eigenvalue weighted by molar-refractivity contribution is -0.128. The number of aromatic amines is 1. The number of para-hydroxylation sites is 1. The number of methoxy groups -OCH3 is 1. The predicted octanol–water partition coefficient (Wildman–Crippen LogP) is 1.61. The van der Waals surface area contributed by atoms with Gasteiger partial charge in [0.25, 0.3) is 11.1 Å². The molecule has 2 fully saturated rings. The van der Waals surface area contributed by atoms with E-state index < -0.39 is 0 Å². The molecule has 9 heteroatoms. The molecule has 1 aromatic heterocycles. The molecule has 0 saturated carbocycles. The zero-order chi connectivity index (χ0) is 18.3. The van der Waals surface area contributed by atoms with Crippen LogP contribution in [-0.4, -0.2) is 69.0 Å². The number of aromatic nitrogens is 2. The quantitative estimate of drug-likeness (QED) is 0.876. The van der Waals surface area contributed by atoms with Gasteiger partial charge in [-0.15, -0.1) is 0 Å². The van der Waals surface area contributed by atoms with E-state index in [1.54, 1.807) is 18.1 Å². The molecule has 1 N–H and O–H groups in total. The number of rotatable bonds is 4. The highest BCUT2D eigenvalue weighted by Crippen LogP contribution is 2.30. The van der Waals surface area contributed by atoms with Crippen LogP contribution in [0.2, 0.25) is 0 Å². The number of hydrogen-bond donors (Lipinski definition) is 1. The number of nitrogens with one attached hydrogen (secondary N) is 1. The van der Waals surface area contributed by atoms with Crippen LogP contribution in [0.5, 0.6) is 5.75 Å². The van der Waals surface area contributed by atoms with Crippen LogP contribution in [0, 0.1) is 0 Å². The molecule has 0 aliphatic carbocycles. The van der Waals surface area contributed by atoms with E-state index in [0.717, 1.165) is 17.3 Å². The Morgan fingerprint density at radius 3 is 2.77 bits per heavy atom.